The van der Waals surface area contributed by atoms with E-state index in [1.165, 1.54) is 11.1 Å². The smallest absolute Gasteiger partial charge is 0.0500 e. The molecule has 4 heteroatoms. The Kier molecular flexibility index (Phi) is 6.41. The molecule has 3 aromatic rings. The highest BCUT2D eigenvalue weighted by Crippen LogP contribution is 2.33. The van der Waals surface area contributed by atoms with E-state index in [-0.39, 0.29) is 0 Å². The zero-order chi connectivity index (χ0) is 17.6. The molecule has 0 aliphatic carbocycles. The van der Waals surface area contributed by atoms with E-state index in [1.54, 1.807) is 0 Å². The van der Waals surface area contributed by atoms with Crippen molar-refractivity contribution in [3.05, 3.63) is 99.0 Å². The Balaban J connectivity index is 1.95. The fourth-order valence-corrected chi connectivity index (χ4v) is 4.25. The van der Waals surface area contributed by atoms with Gasteiger partial charge in [0, 0.05) is 34.2 Å². The van der Waals surface area contributed by atoms with Crippen molar-refractivity contribution in [1.29, 1.82) is 0 Å². The molecular formula is C21H18BrCl2N. The van der Waals surface area contributed by atoms with Gasteiger partial charge in [-0.3, -0.25) is 0 Å². The lowest BCUT2D eigenvalue weighted by atomic mass is 10.1. The summed E-state index contributed by atoms with van der Waals surface area (Å²) in [4.78, 5) is 2.32. The highest BCUT2D eigenvalue weighted by Gasteiger charge is 2.13. The lowest BCUT2D eigenvalue weighted by Gasteiger charge is -2.26. The van der Waals surface area contributed by atoms with Crippen molar-refractivity contribution < 1.29 is 0 Å². The summed E-state index contributed by atoms with van der Waals surface area (Å²) in [6.45, 7) is 1.61. The Morgan fingerprint density at radius 2 is 1.32 bits per heavy atom. The average molecular weight is 435 g/mol. The van der Waals surface area contributed by atoms with Gasteiger partial charge in [-0.05, 0) is 28.8 Å². The molecule has 1 nitrogen and oxygen atoms in total. The molecule has 3 aromatic carbocycles. The van der Waals surface area contributed by atoms with Crippen molar-refractivity contribution in [2.24, 2.45) is 0 Å². The lowest BCUT2D eigenvalue weighted by molar-refractivity contribution is 0.799. The number of rotatable bonds is 6. The minimum atomic E-state index is 0.386. The number of hydrogen-bond acceptors (Lipinski definition) is 1. The first kappa shape index (κ1) is 18.3. The lowest BCUT2D eigenvalue weighted by Crippen LogP contribution is -2.22. The molecule has 0 bridgehead atoms. The van der Waals surface area contributed by atoms with Crippen LogP contribution in [0.3, 0.4) is 0 Å². The largest absolute Gasteiger partial charge is 0.363 e. The van der Waals surface area contributed by atoms with E-state index in [2.05, 4.69) is 75.4 Å². The van der Waals surface area contributed by atoms with Gasteiger partial charge in [0.05, 0.1) is 0 Å². The number of halogens is 3. The Morgan fingerprint density at radius 1 is 0.800 bits per heavy atom. The number of benzene rings is 3. The third-order valence-electron chi connectivity index (χ3n) is 4.06. The second kappa shape index (κ2) is 8.75. The summed E-state index contributed by atoms with van der Waals surface area (Å²) in [5.74, 6) is 0.386. The highest BCUT2D eigenvalue weighted by molar-refractivity contribution is 9.10. The van der Waals surface area contributed by atoms with Gasteiger partial charge in [-0.2, -0.15) is 0 Å². The van der Waals surface area contributed by atoms with Gasteiger partial charge < -0.3 is 4.90 Å². The number of anilines is 1. The molecule has 3 rings (SSSR count). The molecule has 0 aliphatic heterocycles. The molecule has 0 N–H and O–H groups in total. The van der Waals surface area contributed by atoms with Crippen molar-refractivity contribution in [2.45, 2.75) is 19.0 Å². The van der Waals surface area contributed by atoms with Crippen LogP contribution in [0.5, 0.6) is 0 Å². The summed E-state index contributed by atoms with van der Waals surface area (Å²) in [5.41, 5.74) is 4.50. The average Bonchev–Trinajstić information content (AvgIpc) is 2.63. The van der Waals surface area contributed by atoms with Gasteiger partial charge >= 0.3 is 0 Å². The topological polar surface area (TPSA) is 3.24 Å². The standard InChI is InChI=1S/C21H18BrCl2N/c22-20-11-18(12-21(24)19(20)13-23)25(14-16-7-3-1-4-8-16)15-17-9-5-2-6-10-17/h1-12H,13-15H2. The Bertz CT molecular complexity index is 757. The van der Waals surface area contributed by atoms with Crippen molar-refractivity contribution in [2.75, 3.05) is 4.90 Å². The normalized spacial score (nSPS) is 10.7. The summed E-state index contributed by atoms with van der Waals surface area (Å²) in [6, 6.07) is 25.0. The van der Waals surface area contributed by atoms with Gasteiger partial charge in [-0.25, -0.2) is 0 Å². The van der Waals surface area contributed by atoms with Crippen LogP contribution < -0.4 is 4.90 Å². The number of hydrogen-bond donors (Lipinski definition) is 0. The van der Waals surface area contributed by atoms with Crippen molar-refractivity contribution >= 4 is 44.8 Å². The molecule has 0 atom stereocenters. The molecule has 0 radical (unpaired) electrons. The first-order valence-corrected chi connectivity index (χ1v) is 9.74. The molecule has 0 saturated heterocycles. The first-order valence-electron chi connectivity index (χ1n) is 8.04. The SMILES string of the molecule is ClCc1c(Cl)cc(N(Cc2ccccc2)Cc2ccccc2)cc1Br. The quantitative estimate of drug-likeness (QED) is 0.375. The molecule has 0 amide bonds. The summed E-state index contributed by atoms with van der Waals surface area (Å²) in [6.07, 6.45) is 0. The minimum Gasteiger partial charge on any atom is -0.363 e. The molecule has 0 aliphatic rings. The van der Waals surface area contributed by atoms with E-state index >= 15 is 0 Å². The number of nitrogens with zero attached hydrogens (tertiary/aromatic N) is 1. The number of alkyl halides is 1. The van der Waals surface area contributed by atoms with Crippen molar-refractivity contribution in [3.63, 3.8) is 0 Å². The molecule has 0 spiro atoms. The van der Waals surface area contributed by atoms with Crippen LogP contribution in [-0.4, -0.2) is 0 Å². The van der Waals surface area contributed by atoms with E-state index < -0.39 is 0 Å². The molecule has 0 saturated carbocycles. The maximum Gasteiger partial charge on any atom is 0.0500 e. The fraction of sp³-hybridized carbons (Fsp3) is 0.143. The molecule has 0 fully saturated rings. The molecule has 0 unspecified atom stereocenters. The zero-order valence-electron chi connectivity index (χ0n) is 13.6. The van der Waals surface area contributed by atoms with Gasteiger partial charge in [0.2, 0.25) is 0 Å². The molecule has 0 aromatic heterocycles. The molecule has 25 heavy (non-hydrogen) atoms. The molecular weight excluding hydrogens is 417 g/mol. The Labute approximate surface area is 167 Å². The summed E-state index contributed by atoms with van der Waals surface area (Å²) >= 11 is 16.0. The second-order valence-corrected chi connectivity index (χ2v) is 7.38. The Morgan fingerprint density at radius 3 is 1.76 bits per heavy atom. The summed E-state index contributed by atoms with van der Waals surface area (Å²) < 4.78 is 0.941. The van der Waals surface area contributed by atoms with Crippen molar-refractivity contribution in [1.82, 2.24) is 0 Å². The van der Waals surface area contributed by atoms with Crippen LogP contribution in [0.15, 0.2) is 77.3 Å². The van der Waals surface area contributed by atoms with E-state index in [4.69, 9.17) is 23.2 Å². The molecule has 128 valence electrons. The predicted octanol–water partition coefficient (Wildman–Crippen LogP) is 7.05. The monoisotopic (exact) mass is 433 g/mol. The van der Waals surface area contributed by atoms with Crippen LogP contribution in [-0.2, 0) is 19.0 Å². The maximum absolute atomic E-state index is 6.44. The van der Waals surface area contributed by atoms with E-state index in [1.807, 2.05) is 18.2 Å². The van der Waals surface area contributed by atoms with Crippen LogP contribution in [0, 0.1) is 0 Å². The van der Waals surface area contributed by atoms with Gasteiger partial charge in [-0.1, -0.05) is 88.2 Å². The first-order chi connectivity index (χ1) is 12.2. The fourth-order valence-electron chi connectivity index (χ4n) is 2.75. The molecule has 0 heterocycles. The maximum atomic E-state index is 6.44. The predicted molar refractivity (Wildman–Crippen MR) is 111 cm³/mol. The van der Waals surface area contributed by atoms with Crippen LogP contribution in [0.4, 0.5) is 5.69 Å². The van der Waals surface area contributed by atoms with Crippen LogP contribution in [0.2, 0.25) is 5.02 Å². The van der Waals surface area contributed by atoms with Gasteiger partial charge in [0.15, 0.2) is 0 Å². The van der Waals surface area contributed by atoms with E-state index in [0.29, 0.717) is 10.9 Å². The van der Waals surface area contributed by atoms with Gasteiger partial charge in [0.25, 0.3) is 0 Å². The van der Waals surface area contributed by atoms with Crippen LogP contribution >= 0.6 is 39.1 Å². The third kappa shape index (κ3) is 4.78. The summed E-state index contributed by atoms with van der Waals surface area (Å²) in [7, 11) is 0. The van der Waals surface area contributed by atoms with E-state index in [9.17, 15) is 0 Å². The van der Waals surface area contributed by atoms with Gasteiger partial charge in [0.1, 0.15) is 0 Å². The van der Waals surface area contributed by atoms with Crippen LogP contribution in [0.1, 0.15) is 16.7 Å². The second-order valence-electron chi connectivity index (χ2n) is 5.85. The van der Waals surface area contributed by atoms with E-state index in [0.717, 1.165) is 28.8 Å². The Hall–Kier alpha value is -1.48. The highest BCUT2D eigenvalue weighted by atomic mass is 79.9. The van der Waals surface area contributed by atoms with Crippen molar-refractivity contribution in [3.8, 4) is 0 Å². The minimum absolute atomic E-state index is 0.386. The third-order valence-corrected chi connectivity index (χ3v) is 5.37. The summed E-state index contributed by atoms with van der Waals surface area (Å²) in [5, 5.41) is 0.686. The van der Waals surface area contributed by atoms with Gasteiger partial charge in [-0.15, -0.1) is 11.6 Å². The zero-order valence-corrected chi connectivity index (χ0v) is 16.7. The van der Waals surface area contributed by atoms with Crippen LogP contribution in [0.25, 0.3) is 0 Å².